The van der Waals surface area contributed by atoms with E-state index in [9.17, 15) is 0 Å². The average Bonchev–Trinajstić information content (AvgIpc) is 2.66. The molecule has 2 aromatic rings. The third kappa shape index (κ3) is 2.99. The predicted octanol–water partition coefficient (Wildman–Crippen LogP) is 2.56. The van der Waals surface area contributed by atoms with Gasteiger partial charge in [0.15, 0.2) is 0 Å². The molecule has 1 aromatic carbocycles. The van der Waals surface area contributed by atoms with Crippen LogP contribution < -0.4 is 10.5 Å². The van der Waals surface area contributed by atoms with Crippen LogP contribution in [-0.2, 0) is 13.7 Å². The van der Waals surface area contributed by atoms with Gasteiger partial charge >= 0.3 is 0 Å². The second kappa shape index (κ2) is 5.63. The van der Waals surface area contributed by atoms with Crippen LogP contribution in [0.5, 0.6) is 5.75 Å². The normalized spacial score (nSPS) is 10.6. The lowest BCUT2D eigenvalue weighted by Crippen LogP contribution is -2.11. The highest BCUT2D eigenvalue weighted by Gasteiger charge is 2.10. The van der Waals surface area contributed by atoms with E-state index in [1.54, 1.807) is 0 Å². The van der Waals surface area contributed by atoms with Crippen LogP contribution in [-0.4, -0.2) is 14.8 Å². The average molecular weight is 289 g/mol. The molecule has 5 heteroatoms. The van der Waals surface area contributed by atoms with Gasteiger partial charge in [0.1, 0.15) is 17.3 Å². The molecule has 0 amide bonds. The molecule has 0 saturated heterocycles. The van der Waals surface area contributed by atoms with Crippen LogP contribution in [0.25, 0.3) is 0 Å². The topological polar surface area (TPSA) is 53.1 Å². The Kier molecular flexibility index (Phi) is 4.09. The Bertz CT molecular complexity index is 638. The number of nitrogens with two attached hydrogens (primary N) is 1. The number of benzene rings is 1. The lowest BCUT2D eigenvalue weighted by atomic mass is 10.1. The monoisotopic (exact) mass is 289 g/mol. The summed E-state index contributed by atoms with van der Waals surface area (Å²) in [5.74, 6) is 0.879. The van der Waals surface area contributed by atoms with E-state index in [1.165, 1.54) is 0 Å². The molecular weight excluding hydrogens is 270 g/mol. The summed E-state index contributed by atoms with van der Waals surface area (Å²) in [6, 6.07) is 5.94. The summed E-state index contributed by atoms with van der Waals surface area (Å²) in [5.41, 5.74) is 10.6. The van der Waals surface area contributed by atoms with Crippen molar-refractivity contribution in [1.29, 1.82) is 0 Å². The Balaban J connectivity index is 2.22. The summed E-state index contributed by atoms with van der Waals surface area (Å²) < 4.78 is 7.77. The summed E-state index contributed by atoms with van der Waals surface area (Å²) in [4.78, 5) is 0.407. The van der Waals surface area contributed by atoms with Crippen molar-refractivity contribution >= 4 is 17.2 Å². The molecule has 2 rings (SSSR count). The fraction of sp³-hybridized carbons (Fsp3) is 0.333. The molecule has 106 valence electrons. The standard InChI is InChI=1S/C15H19N3OS/c1-9-5-12(15(16)20)6-10(2)14(9)19-8-13-7-11(3)17-18(13)4/h5-7H,8H2,1-4H3,(H2,16,20). The second-order valence-electron chi connectivity index (χ2n) is 4.99. The Labute approximate surface area is 124 Å². The lowest BCUT2D eigenvalue weighted by molar-refractivity contribution is 0.291. The van der Waals surface area contributed by atoms with Crippen molar-refractivity contribution in [3.8, 4) is 5.75 Å². The predicted molar refractivity (Wildman–Crippen MR) is 84.1 cm³/mol. The minimum absolute atomic E-state index is 0.407. The first-order valence-electron chi connectivity index (χ1n) is 6.42. The zero-order chi connectivity index (χ0) is 14.9. The van der Waals surface area contributed by atoms with Crippen molar-refractivity contribution in [3.05, 3.63) is 46.3 Å². The molecule has 20 heavy (non-hydrogen) atoms. The molecule has 0 saturated carbocycles. The van der Waals surface area contributed by atoms with E-state index >= 15 is 0 Å². The molecule has 0 atom stereocenters. The number of nitrogens with zero attached hydrogens (tertiary/aromatic N) is 2. The van der Waals surface area contributed by atoms with Gasteiger partial charge < -0.3 is 10.5 Å². The number of hydrogen-bond acceptors (Lipinski definition) is 3. The highest BCUT2D eigenvalue weighted by atomic mass is 32.1. The van der Waals surface area contributed by atoms with Crippen molar-refractivity contribution < 1.29 is 4.74 Å². The Morgan fingerprint density at radius 1 is 1.25 bits per heavy atom. The van der Waals surface area contributed by atoms with E-state index in [1.807, 2.05) is 50.7 Å². The smallest absolute Gasteiger partial charge is 0.130 e. The molecule has 0 aliphatic rings. The van der Waals surface area contributed by atoms with Crippen LogP contribution in [0.3, 0.4) is 0 Å². The van der Waals surface area contributed by atoms with Crippen molar-refractivity contribution in [2.75, 3.05) is 0 Å². The maximum absolute atomic E-state index is 5.94. The molecule has 0 spiro atoms. The highest BCUT2D eigenvalue weighted by Crippen LogP contribution is 2.25. The number of aromatic nitrogens is 2. The molecule has 0 radical (unpaired) electrons. The van der Waals surface area contributed by atoms with Crippen LogP contribution in [0, 0.1) is 20.8 Å². The Hall–Kier alpha value is -1.88. The third-order valence-electron chi connectivity index (χ3n) is 3.21. The van der Waals surface area contributed by atoms with E-state index in [2.05, 4.69) is 5.10 Å². The molecule has 0 unspecified atom stereocenters. The first kappa shape index (κ1) is 14.5. The van der Waals surface area contributed by atoms with E-state index in [4.69, 9.17) is 22.7 Å². The summed E-state index contributed by atoms with van der Waals surface area (Å²) in [6.45, 7) is 6.46. The first-order chi connectivity index (χ1) is 9.38. The Morgan fingerprint density at radius 2 is 1.85 bits per heavy atom. The van der Waals surface area contributed by atoms with Gasteiger partial charge in [-0.3, -0.25) is 4.68 Å². The molecule has 0 aliphatic heterocycles. The van der Waals surface area contributed by atoms with Crippen LogP contribution >= 0.6 is 12.2 Å². The number of aryl methyl sites for hydroxylation is 4. The molecule has 4 nitrogen and oxygen atoms in total. The van der Waals surface area contributed by atoms with Crippen LogP contribution in [0.15, 0.2) is 18.2 Å². The van der Waals surface area contributed by atoms with Gasteiger partial charge in [-0.15, -0.1) is 0 Å². The maximum atomic E-state index is 5.94. The fourth-order valence-electron chi connectivity index (χ4n) is 2.27. The van der Waals surface area contributed by atoms with E-state index < -0.39 is 0 Å². The molecule has 2 N–H and O–H groups in total. The molecule has 0 aliphatic carbocycles. The van der Waals surface area contributed by atoms with Gasteiger partial charge in [-0.25, -0.2) is 0 Å². The zero-order valence-corrected chi connectivity index (χ0v) is 13.0. The maximum Gasteiger partial charge on any atom is 0.130 e. The van der Waals surface area contributed by atoms with E-state index in [-0.39, 0.29) is 0 Å². The molecule has 0 fully saturated rings. The summed E-state index contributed by atoms with van der Waals surface area (Å²) in [6.07, 6.45) is 0. The molecule has 1 heterocycles. The van der Waals surface area contributed by atoms with Crippen LogP contribution in [0.1, 0.15) is 28.1 Å². The summed E-state index contributed by atoms with van der Waals surface area (Å²) in [5, 5.41) is 4.31. The minimum Gasteiger partial charge on any atom is -0.487 e. The van der Waals surface area contributed by atoms with Gasteiger partial charge in [0.05, 0.1) is 11.4 Å². The summed E-state index contributed by atoms with van der Waals surface area (Å²) in [7, 11) is 1.92. The lowest BCUT2D eigenvalue weighted by Gasteiger charge is -2.13. The van der Waals surface area contributed by atoms with Crippen LogP contribution in [0.2, 0.25) is 0 Å². The van der Waals surface area contributed by atoms with Crippen molar-refractivity contribution in [2.24, 2.45) is 12.8 Å². The van der Waals surface area contributed by atoms with Gasteiger partial charge in [-0.05, 0) is 50.1 Å². The summed E-state index contributed by atoms with van der Waals surface area (Å²) >= 11 is 5.01. The van der Waals surface area contributed by atoms with E-state index in [0.717, 1.165) is 33.8 Å². The van der Waals surface area contributed by atoms with Crippen molar-refractivity contribution in [3.63, 3.8) is 0 Å². The van der Waals surface area contributed by atoms with Crippen LogP contribution in [0.4, 0.5) is 0 Å². The third-order valence-corrected chi connectivity index (χ3v) is 3.44. The van der Waals surface area contributed by atoms with Gasteiger partial charge in [0, 0.05) is 12.6 Å². The zero-order valence-electron chi connectivity index (χ0n) is 12.2. The Morgan fingerprint density at radius 3 is 2.30 bits per heavy atom. The largest absolute Gasteiger partial charge is 0.487 e. The number of ether oxygens (including phenoxy) is 1. The minimum atomic E-state index is 0.407. The molecule has 1 aromatic heterocycles. The van der Waals surface area contributed by atoms with Gasteiger partial charge in [0.25, 0.3) is 0 Å². The highest BCUT2D eigenvalue weighted by molar-refractivity contribution is 7.80. The van der Waals surface area contributed by atoms with Crippen molar-refractivity contribution in [1.82, 2.24) is 9.78 Å². The fourth-order valence-corrected chi connectivity index (χ4v) is 2.38. The number of thiocarbonyl (C=S) groups is 1. The molecule has 0 bridgehead atoms. The SMILES string of the molecule is Cc1cc(COc2c(C)cc(C(N)=S)cc2C)n(C)n1. The first-order valence-corrected chi connectivity index (χ1v) is 6.82. The van der Waals surface area contributed by atoms with Gasteiger partial charge in [-0.2, -0.15) is 5.10 Å². The second-order valence-corrected chi connectivity index (χ2v) is 5.43. The molecular formula is C15H19N3OS. The van der Waals surface area contributed by atoms with E-state index in [0.29, 0.717) is 11.6 Å². The number of hydrogen-bond donors (Lipinski definition) is 1. The van der Waals surface area contributed by atoms with Crippen molar-refractivity contribution in [2.45, 2.75) is 27.4 Å². The van der Waals surface area contributed by atoms with Gasteiger partial charge in [-0.1, -0.05) is 12.2 Å². The van der Waals surface area contributed by atoms with Gasteiger partial charge in [0.2, 0.25) is 0 Å². The number of rotatable bonds is 4. The quantitative estimate of drug-likeness (QED) is 0.879.